The van der Waals surface area contributed by atoms with Gasteiger partial charge in [0.25, 0.3) is 0 Å². The van der Waals surface area contributed by atoms with E-state index in [1.165, 1.54) is 0 Å². The van der Waals surface area contributed by atoms with Crippen molar-refractivity contribution in [2.75, 3.05) is 16.8 Å². The fourth-order valence-corrected chi connectivity index (χ4v) is 3.90. The van der Waals surface area contributed by atoms with Crippen LogP contribution in [0.15, 0.2) is 47.4 Å². The molecule has 1 N–H and O–H groups in total. The number of rotatable bonds is 4. The number of hydrogen-bond acceptors (Lipinski definition) is 3. The van der Waals surface area contributed by atoms with E-state index in [-0.39, 0.29) is 29.7 Å². The lowest BCUT2D eigenvalue weighted by molar-refractivity contribution is -0.122. The van der Waals surface area contributed by atoms with Crippen LogP contribution in [0.25, 0.3) is 0 Å². The average Bonchev–Trinajstić information content (AvgIpc) is 2.62. The average molecular weight is 376 g/mol. The van der Waals surface area contributed by atoms with E-state index in [2.05, 4.69) is 5.32 Å². The fraction of sp³-hybridized carbons (Fsp3) is 0.263. The normalized spacial score (nSPS) is 16.1. The van der Waals surface area contributed by atoms with E-state index >= 15 is 0 Å². The van der Waals surface area contributed by atoms with E-state index in [4.69, 9.17) is 0 Å². The van der Waals surface area contributed by atoms with Gasteiger partial charge in [0.2, 0.25) is 11.8 Å². The molecule has 3 rings (SSSR count). The molecule has 0 spiro atoms. The number of halogens is 2. The molecular formula is C19H18F2N2O2S. The second-order valence-electron chi connectivity index (χ2n) is 6.07. The van der Waals surface area contributed by atoms with Gasteiger partial charge in [-0.15, -0.1) is 11.8 Å². The van der Waals surface area contributed by atoms with E-state index in [0.29, 0.717) is 6.54 Å². The number of carbonyl (C=O) groups is 2. The first-order chi connectivity index (χ1) is 12.4. The standard InChI is InChI=1S/C19H18F2N2O2S/c1-12-11-23(16-4-2-3-5-17(16)26-12)19(25)9-8-18(24)22-15-10-13(20)6-7-14(15)21/h2-7,10,12H,8-9,11H2,1H3,(H,22,24)/t12-/m1/s1. The predicted octanol–water partition coefficient (Wildman–Crippen LogP) is 4.21. The van der Waals surface area contributed by atoms with Crippen molar-refractivity contribution in [2.45, 2.75) is 29.9 Å². The minimum absolute atomic E-state index is 0.00547. The van der Waals surface area contributed by atoms with Crippen molar-refractivity contribution in [3.8, 4) is 0 Å². The summed E-state index contributed by atoms with van der Waals surface area (Å²) >= 11 is 1.71. The van der Waals surface area contributed by atoms with Crippen molar-refractivity contribution in [1.82, 2.24) is 0 Å². The molecule has 0 fully saturated rings. The number of para-hydroxylation sites is 1. The molecule has 1 heterocycles. The topological polar surface area (TPSA) is 49.4 Å². The highest BCUT2D eigenvalue weighted by Gasteiger charge is 2.26. The predicted molar refractivity (Wildman–Crippen MR) is 98.3 cm³/mol. The van der Waals surface area contributed by atoms with Crippen LogP contribution in [0.5, 0.6) is 0 Å². The van der Waals surface area contributed by atoms with Crippen molar-refractivity contribution in [1.29, 1.82) is 0 Å². The summed E-state index contributed by atoms with van der Waals surface area (Å²) in [6.07, 6.45) is -0.108. The van der Waals surface area contributed by atoms with E-state index < -0.39 is 17.5 Å². The summed E-state index contributed by atoms with van der Waals surface area (Å²) in [7, 11) is 0. The van der Waals surface area contributed by atoms with Crippen molar-refractivity contribution in [3.05, 3.63) is 54.1 Å². The molecule has 0 radical (unpaired) electrons. The molecule has 7 heteroatoms. The molecule has 0 unspecified atom stereocenters. The Morgan fingerprint density at radius 2 is 1.96 bits per heavy atom. The zero-order valence-corrected chi connectivity index (χ0v) is 15.0. The van der Waals surface area contributed by atoms with Gasteiger partial charge in [-0.3, -0.25) is 9.59 Å². The van der Waals surface area contributed by atoms with Crippen molar-refractivity contribution in [2.24, 2.45) is 0 Å². The molecule has 0 saturated carbocycles. The number of carbonyl (C=O) groups excluding carboxylic acids is 2. The SMILES string of the molecule is C[C@@H]1CN(C(=O)CCC(=O)Nc2cc(F)ccc2F)c2ccccc2S1. The van der Waals surface area contributed by atoms with Gasteiger partial charge in [-0.2, -0.15) is 0 Å². The number of nitrogens with one attached hydrogen (secondary N) is 1. The third-order valence-corrected chi connectivity index (χ3v) is 5.14. The van der Waals surface area contributed by atoms with Crippen molar-refractivity contribution >= 4 is 35.0 Å². The largest absolute Gasteiger partial charge is 0.323 e. The van der Waals surface area contributed by atoms with Gasteiger partial charge in [0.05, 0.1) is 11.4 Å². The van der Waals surface area contributed by atoms with Crippen LogP contribution in [0, 0.1) is 11.6 Å². The van der Waals surface area contributed by atoms with Crippen molar-refractivity contribution < 1.29 is 18.4 Å². The van der Waals surface area contributed by atoms with Gasteiger partial charge in [-0.25, -0.2) is 8.78 Å². The molecule has 1 aliphatic rings. The van der Waals surface area contributed by atoms with Gasteiger partial charge in [0.1, 0.15) is 11.6 Å². The van der Waals surface area contributed by atoms with Crippen LogP contribution < -0.4 is 10.2 Å². The molecule has 1 aliphatic heterocycles. The summed E-state index contributed by atoms with van der Waals surface area (Å²) in [4.78, 5) is 27.3. The Morgan fingerprint density at radius 1 is 1.19 bits per heavy atom. The minimum atomic E-state index is -0.720. The molecule has 26 heavy (non-hydrogen) atoms. The summed E-state index contributed by atoms with van der Waals surface area (Å²) < 4.78 is 26.7. The lowest BCUT2D eigenvalue weighted by Gasteiger charge is -2.32. The van der Waals surface area contributed by atoms with Crippen LogP contribution in [0.2, 0.25) is 0 Å². The van der Waals surface area contributed by atoms with Crippen LogP contribution >= 0.6 is 11.8 Å². The quantitative estimate of drug-likeness (QED) is 0.870. The summed E-state index contributed by atoms with van der Waals surface area (Å²) in [5.74, 6) is -2.06. The first-order valence-electron chi connectivity index (χ1n) is 8.25. The van der Waals surface area contributed by atoms with Crippen LogP contribution in [0.3, 0.4) is 0 Å². The molecule has 0 aliphatic carbocycles. The van der Waals surface area contributed by atoms with Gasteiger partial charge in [-0.1, -0.05) is 19.1 Å². The molecule has 2 aromatic rings. The Hall–Kier alpha value is -2.41. The Bertz CT molecular complexity index is 844. The van der Waals surface area contributed by atoms with Gasteiger partial charge >= 0.3 is 0 Å². The number of hydrogen-bond donors (Lipinski definition) is 1. The first kappa shape index (κ1) is 18.4. The van der Waals surface area contributed by atoms with Crippen LogP contribution in [0.4, 0.5) is 20.2 Å². The van der Waals surface area contributed by atoms with Gasteiger partial charge < -0.3 is 10.2 Å². The number of fused-ring (bicyclic) bond motifs is 1. The van der Waals surface area contributed by atoms with E-state index in [9.17, 15) is 18.4 Å². The second kappa shape index (κ2) is 7.86. The Morgan fingerprint density at radius 3 is 2.77 bits per heavy atom. The van der Waals surface area contributed by atoms with Gasteiger partial charge in [0, 0.05) is 35.6 Å². The fourth-order valence-electron chi connectivity index (χ4n) is 2.79. The molecular weight excluding hydrogens is 358 g/mol. The number of anilines is 2. The highest BCUT2D eigenvalue weighted by atomic mass is 32.2. The third kappa shape index (κ3) is 4.22. The molecule has 4 nitrogen and oxygen atoms in total. The minimum Gasteiger partial charge on any atom is -0.323 e. The number of benzene rings is 2. The molecule has 2 amide bonds. The second-order valence-corrected chi connectivity index (χ2v) is 7.55. The number of amides is 2. The molecule has 0 aromatic heterocycles. The molecule has 0 saturated heterocycles. The molecule has 136 valence electrons. The number of thioether (sulfide) groups is 1. The smallest absolute Gasteiger partial charge is 0.227 e. The molecule has 0 bridgehead atoms. The Kier molecular flexibility index (Phi) is 5.56. The van der Waals surface area contributed by atoms with Crippen LogP contribution in [-0.4, -0.2) is 23.6 Å². The van der Waals surface area contributed by atoms with Crippen molar-refractivity contribution in [3.63, 3.8) is 0 Å². The van der Waals surface area contributed by atoms with E-state index in [1.807, 2.05) is 31.2 Å². The highest BCUT2D eigenvalue weighted by Crippen LogP contribution is 2.38. The maximum atomic E-state index is 13.6. The zero-order valence-electron chi connectivity index (χ0n) is 14.2. The maximum absolute atomic E-state index is 13.6. The van der Waals surface area contributed by atoms with Crippen LogP contribution in [0.1, 0.15) is 19.8 Å². The first-order valence-corrected chi connectivity index (χ1v) is 9.13. The van der Waals surface area contributed by atoms with Crippen LogP contribution in [-0.2, 0) is 9.59 Å². The summed E-state index contributed by atoms with van der Waals surface area (Å²) in [5.41, 5.74) is 0.618. The summed E-state index contributed by atoms with van der Waals surface area (Å²) in [5, 5.41) is 2.56. The highest BCUT2D eigenvalue weighted by molar-refractivity contribution is 8.00. The summed E-state index contributed by atoms with van der Waals surface area (Å²) in [6.45, 7) is 2.61. The monoisotopic (exact) mass is 376 g/mol. The van der Waals surface area contributed by atoms with Gasteiger partial charge in [0.15, 0.2) is 0 Å². The number of nitrogens with zero attached hydrogens (tertiary/aromatic N) is 1. The maximum Gasteiger partial charge on any atom is 0.227 e. The zero-order chi connectivity index (χ0) is 18.7. The molecule has 2 aromatic carbocycles. The lowest BCUT2D eigenvalue weighted by atomic mass is 10.2. The lowest BCUT2D eigenvalue weighted by Crippen LogP contribution is -2.38. The Balaban J connectivity index is 1.62. The van der Waals surface area contributed by atoms with E-state index in [0.717, 1.165) is 28.8 Å². The molecule has 1 atom stereocenters. The van der Waals surface area contributed by atoms with Gasteiger partial charge in [-0.05, 0) is 24.3 Å². The summed E-state index contributed by atoms with van der Waals surface area (Å²) in [6, 6.07) is 10.5. The van der Waals surface area contributed by atoms with E-state index in [1.54, 1.807) is 16.7 Å². The Labute approximate surface area is 154 Å². The third-order valence-electron chi connectivity index (χ3n) is 3.99.